The van der Waals surface area contributed by atoms with E-state index >= 15 is 0 Å². The van der Waals surface area contributed by atoms with Gasteiger partial charge in [0.2, 0.25) is 0 Å². The summed E-state index contributed by atoms with van der Waals surface area (Å²) in [6.07, 6.45) is 4.80. The fourth-order valence-electron chi connectivity index (χ4n) is 4.67. The Morgan fingerprint density at radius 2 is 2.03 bits per heavy atom. The number of amides is 1. The van der Waals surface area contributed by atoms with Gasteiger partial charge in [0.1, 0.15) is 11.4 Å². The number of aromatic nitrogens is 3. The van der Waals surface area contributed by atoms with Gasteiger partial charge >= 0.3 is 0 Å². The monoisotopic (exact) mass is 403 g/mol. The third-order valence-electron chi connectivity index (χ3n) is 6.25. The third-order valence-corrected chi connectivity index (χ3v) is 6.25. The highest BCUT2D eigenvalue weighted by Gasteiger charge is 2.31. The van der Waals surface area contributed by atoms with Gasteiger partial charge in [-0.25, -0.2) is 4.98 Å². The van der Waals surface area contributed by atoms with E-state index in [1.54, 1.807) is 12.3 Å². The molecule has 5 rings (SSSR count). The molecule has 3 aromatic rings. The van der Waals surface area contributed by atoms with Crippen molar-refractivity contribution in [1.29, 1.82) is 0 Å². The van der Waals surface area contributed by atoms with Crippen molar-refractivity contribution in [2.45, 2.75) is 32.4 Å². The summed E-state index contributed by atoms with van der Waals surface area (Å²) < 4.78 is 3.82. The molecule has 0 saturated carbocycles. The largest absolute Gasteiger partial charge is 0.348 e. The molecular weight excluding hydrogens is 378 g/mol. The lowest BCUT2D eigenvalue weighted by Gasteiger charge is -2.37. The molecule has 2 aliphatic heterocycles. The molecule has 2 aliphatic rings. The Labute approximate surface area is 174 Å². The average molecular weight is 403 g/mol. The molecule has 0 radical (unpaired) electrons. The van der Waals surface area contributed by atoms with E-state index in [0.717, 1.165) is 42.3 Å². The Kier molecular flexibility index (Phi) is 4.75. The van der Waals surface area contributed by atoms with Crippen LogP contribution in [0.4, 0.5) is 0 Å². The molecule has 7 nitrogen and oxygen atoms in total. The molecule has 30 heavy (non-hydrogen) atoms. The lowest BCUT2D eigenvalue weighted by molar-refractivity contribution is 0.0948. The Balaban J connectivity index is 1.30. The standard InChI is InChI=1S/C23H25N5O2/c1-15-25-8-9-27(15)19-4-2-16(3-5-19)12-26-22(29)20-6-7-21-18-10-17(11-24-13-18)14-28(21)23(20)30/h2-9,17-18,24H,10-14H2,1H3,(H,26,29)/t17-,18+/m0/s1. The fourth-order valence-corrected chi connectivity index (χ4v) is 4.67. The number of carbonyl (C=O) groups is 1. The van der Waals surface area contributed by atoms with Crippen molar-refractivity contribution in [2.24, 2.45) is 5.92 Å². The first-order chi connectivity index (χ1) is 14.6. The first-order valence-corrected chi connectivity index (χ1v) is 10.4. The lowest BCUT2D eigenvalue weighted by Crippen LogP contribution is -2.46. The van der Waals surface area contributed by atoms with Gasteiger partial charge in [0, 0.05) is 49.3 Å². The van der Waals surface area contributed by atoms with Crippen LogP contribution in [-0.4, -0.2) is 33.1 Å². The Bertz CT molecular complexity index is 1150. The second-order valence-corrected chi connectivity index (χ2v) is 8.24. The van der Waals surface area contributed by atoms with Crippen molar-refractivity contribution in [3.8, 4) is 5.69 Å². The van der Waals surface area contributed by atoms with Crippen molar-refractivity contribution in [2.75, 3.05) is 13.1 Å². The molecule has 1 fully saturated rings. The van der Waals surface area contributed by atoms with Gasteiger partial charge in [-0.05, 0) is 55.6 Å². The molecule has 4 heterocycles. The van der Waals surface area contributed by atoms with E-state index in [-0.39, 0.29) is 17.0 Å². The van der Waals surface area contributed by atoms with Crippen LogP contribution < -0.4 is 16.2 Å². The molecule has 0 unspecified atom stereocenters. The van der Waals surface area contributed by atoms with Crippen LogP contribution in [0.2, 0.25) is 0 Å². The summed E-state index contributed by atoms with van der Waals surface area (Å²) in [5.74, 6) is 1.42. The van der Waals surface area contributed by atoms with Gasteiger partial charge in [-0.1, -0.05) is 12.1 Å². The number of aryl methyl sites for hydroxylation is 1. The molecule has 1 saturated heterocycles. The highest BCUT2D eigenvalue weighted by molar-refractivity contribution is 5.93. The zero-order chi connectivity index (χ0) is 20.7. The average Bonchev–Trinajstić information content (AvgIpc) is 3.19. The SMILES string of the molecule is Cc1nccn1-c1ccc(CNC(=O)c2ccc3n(c2=O)C[C@@H]2CNC[C@H]3C2)cc1. The van der Waals surface area contributed by atoms with Crippen molar-refractivity contribution in [1.82, 2.24) is 24.8 Å². The van der Waals surface area contributed by atoms with Crippen molar-refractivity contribution < 1.29 is 4.79 Å². The van der Waals surface area contributed by atoms with Crippen molar-refractivity contribution >= 4 is 5.91 Å². The number of nitrogens with one attached hydrogen (secondary N) is 2. The summed E-state index contributed by atoms with van der Waals surface area (Å²) in [7, 11) is 0. The van der Waals surface area contributed by atoms with E-state index in [1.807, 2.05) is 52.6 Å². The summed E-state index contributed by atoms with van der Waals surface area (Å²) in [5.41, 5.74) is 3.09. The minimum absolute atomic E-state index is 0.174. The van der Waals surface area contributed by atoms with Crippen LogP contribution >= 0.6 is 0 Å². The molecule has 0 aliphatic carbocycles. The maximum atomic E-state index is 13.0. The molecule has 2 atom stereocenters. The van der Waals surface area contributed by atoms with E-state index in [2.05, 4.69) is 15.6 Å². The van der Waals surface area contributed by atoms with Crippen LogP contribution in [0, 0.1) is 12.8 Å². The molecule has 0 spiro atoms. The molecule has 2 aromatic heterocycles. The van der Waals surface area contributed by atoms with Gasteiger partial charge in [-0.2, -0.15) is 0 Å². The van der Waals surface area contributed by atoms with Crippen LogP contribution in [0.15, 0.2) is 53.6 Å². The van der Waals surface area contributed by atoms with Crippen molar-refractivity contribution in [3.63, 3.8) is 0 Å². The number of hydrogen-bond donors (Lipinski definition) is 2. The minimum atomic E-state index is -0.321. The number of fused-ring (bicyclic) bond motifs is 4. The van der Waals surface area contributed by atoms with Gasteiger partial charge in [-0.15, -0.1) is 0 Å². The second kappa shape index (κ2) is 7.57. The first-order valence-electron chi connectivity index (χ1n) is 10.4. The smallest absolute Gasteiger partial charge is 0.263 e. The van der Waals surface area contributed by atoms with Gasteiger partial charge in [0.05, 0.1) is 0 Å². The summed E-state index contributed by atoms with van der Waals surface area (Å²) in [5, 5.41) is 6.33. The number of carbonyl (C=O) groups excluding carboxylic acids is 1. The van der Waals surface area contributed by atoms with Crippen LogP contribution in [-0.2, 0) is 13.1 Å². The normalized spacial score (nSPS) is 19.9. The number of piperidine rings is 1. The van der Waals surface area contributed by atoms with Crippen LogP contribution in [0.1, 0.15) is 39.8 Å². The fraction of sp³-hybridized carbons (Fsp3) is 0.348. The van der Waals surface area contributed by atoms with Gasteiger partial charge in [0.25, 0.3) is 11.5 Å². The maximum Gasteiger partial charge on any atom is 0.263 e. The number of pyridine rings is 1. The summed E-state index contributed by atoms with van der Waals surface area (Å²) in [6.45, 7) is 4.85. The number of benzene rings is 1. The Morgan fingerprint density at radius 1 is 1.20 bits per heavy atom. The maximum absolute atomic E-state index is 13.0. The molecule has 7 heteroatoms. The summed E-state index contributed by atoms with van der Waals surface area (Å²) >= 11 is 0. The van der Waals surface area contributed by atoms with Crippen molar-refractivity contribution in [3.05, 3.63) is 81.8 Å². The van der Waals surface area contributed by atoms with E-state index in [4.69, 9.17) is 0 Å². The molecule has 2 N–H and O–H groups in total. The zero-order valence-corrected chi connectivity index (χ0v) is 17.0. The third kappa shape index (κ3) is 3.35. The van der Waals surface area contributed by atoms with Gasteiger partial charge in [-0.3, -0.25) is 9.59 Å². The van der Waals surface area contributed by atoms with Crippen LogP contribution in [0.5, 0.6) is 0 Å². The van der Waals surface area contributed by atoms with E-state index in [0.29, 0.717) is 24.9 Å². The molecular formula is C23H25N5O2. The summed E-state index contributed by atoms with van der Waals surface area (Å²) in [4.78, 5) is 29.9. The predicted octanol–water partition coefficient (Wildman–Crippen LogP) is 1.98. The quantitative estimate of drug-likeness (QED) is 0.698. The molecule has 2 bridgehead atoms. The highest BCUT2D eigenvalue weighted by Crippen LogP contribution is 2.31. The highest BCUT2D eigenvalue weighted by atomic mass is 16.2. The topological polar surface area (TPSA) is 81.0 Å². The van der Waals surface area contributed by atoms with E-state index in [9.17, 15) is 9.59 Å². The van der Waals surface area contributed by atoms with E-state index < -0.39 is 0 Å². The summed E-state index contributed by atoms with van der Waals surface area (Å²) in [6, 6.07) is 11.6. The Hall–Kier alpha value is -3.19. The zero-order valence-electron chi connectivity index (χ0n) is 17.0. The predicted molar refractivity (Wildman–Crippen MR) is 114 cm³/mol. The van der Waals surface area contributed by atoms with Gasteiger partial charge < -0.3 is 19.8 Å². The number of hydrogen-bond acceptors (Lipinski definition) is 4. The minimum Gasteiger partial charge on any atom is -0.348 e. The lowest BCUT2D eigenvalue weighted by atomic mass is 9.84. The second-order valence-electron chi connectivity index (χ2n) is 8.24. The number of imidazole rings is 1. The molecule has 1 amide bonds. The number of nitrogens with zero attached hydrogens (tertiary/aromatic N) is 3. The molecule has 154 valence electrons. The first kappa shape index (κ1) is 18.8. The number of rotatable bonds is 4. The molecule has 1 aromatic carbocycles. The van der Waals surface area contributed by atoms with Gasteiger partial charge in [0.15, 0.2) is 0 Å². The van der Waals surface area contributed by atoms with E-state index in [1.165, 1.54) is 0 Å². The Morgan fingerprint density at radius 3 is 2.80 bits per heavy atom. The van der Waals surface area contributed by atoms with Crippen LogP contribution in [0.25, 0.3) is 5.69 Å². The van der Waals surface area contributed by atoms with Crippen LogP contribution in [0.3, 0.4) is 0 Å².